The van der Waals surface area contributed by atoms with Crippen LogP contribution in [0, 0.1) is 0 Å². The minimum atomic E-state index is -4.51. The van der Waals surface area contributed by atoms with Crippen LogP contribution in [0.25, 0.3) is 0 Å². The second kappa shape index (κ2) is 5.44. The monoisotopic (exact) mass is 305 g/mol. The Morgan fingerprint density at radius 3 is 2.48 bits per heavy atom. The second-order valence-electron chi connectivity index (χ2n) is 4.76. The highest BCUT2D eigenvalue weighted by Crippen LogP contribution is 2.34. The van der Waals surface area contributed by atoms with Gasteiger partial charge in [0.15, 0.2) is 11.5 Å². The highest BCUT2D eigenvalue weighted by atomic mass is 19.4. The van der Waals surface area contributed by atoms with Crippen molar-refractivity contribution in [3.05, 3.63) is 23.8 Å². The van der Waals surface area contributed by atoms with Crippen LogP contribution in [0.2, 0.25) is 0 Å². The van der Waals surface area contributed by atoms with Gasteiger partial charge in [0, 0.05) is 0 Å². The van der Waals surface area contributed by atoms with Crippen molar-refractivity contribution >= 4 is 5.97 Å². The van der Waals surface area contributed by atoms with E-state index in [4.69, 9.17) is 9.47 Å². The zero-order valence-corrected chi connectivity index (χ0v) is 11.2. The summed E-state index contributed by atoms with van der Waals surface area (Å²) in [5.74, 6) is -0.656. The summed E-state index contributed by atoms with van der Waals surface area (Å²) < 4.78 is 47.6. The first-order chi connectivity index (χ1) is 9.72. The Balaban J connectivity index is 2.31. The van der Waals surface area contributed by atoms with Crippen molar-refractivity contribution in [1.82, 2.24) is 5.32 Å². The molecule has 1 heterocycles. The summed E-state index contributed by atoms with van der Waals surface area (Å²) >= 11 is 0. The maximum absolute atomic E-state index is 12.3. The molecule has 2 N–H and O–H groups in total. The lowest BCUT2D eigenvalue weighted by Crippen LogP contribution is -2.50. The van der Waals surface area contributed by atoms with E-state index in [-0.39, 0.29) is 5.56 Å². The molecular formula is C13H14F3NO4. The predicted octanol–water partition coefficient (Wildman–Crippen LogP) is 1.91. The molecule has 0 spiro atoms. The Morgan fingerprint density at radius 2 is 1.90 bits per heavy atom. The van der Waals surface area contributed by atoms with Crippen molar-refractivity contribution in [3.63, 3.8) is 0 Å². The number of halogens is 3. The third-order valence-electron chi connectivity index (χ3n) is 3.19. The first kappa shape index (κ1) is 15.4. The van der Waals surface area contributed by atoms with Gasteiger partial charge in [0.1, 0.15) is 18.8 Å². The molecule has 1 aromatic rings. The molecule has 0 radical (unpaired) electrons. The van der Waals surface area contributed by atoms with Gasteiger partial charge in [-0.25, -0.2) is 4.79 Å². The van der Waals surface area contributed by atoms with E-state index < -0.39 is 24.2 Å². The van der Waals surface area contributed by atoms with Gasteiger partial charge in [-0.1, -0.05) is 6.07 Å². The number of aliphatic carboxylic acids is 1. The van der Waals surface area contributed by atoms with Gasteiger partial charge in [0.2, 0.25) is 0 Å². The number of carboxylic acids is 1. The number of hydrogen-bond acceptors (Lipinski definition) is 4. The highest BCUT2D eigenvalue weighted by Gasteiger charge is 2.39. The normalized spacial score (nSPS) is 17.1. The van der Waals surface area contributed by atoms with Gasteiger partial charge in [0.05, 0.1) is 6.54 Å². The van der Waals surface area contributed by atoms with Crippen LogP contribution in [0.1, 0.15) is 12.5 Å². The zero-order chi connectivity index (χ0) is 15.7. The van der Waals surface area contributed by atoms with E-state index in [2.05, 4.69) is 0 Å². The molecule has 0 fully saturated rings. The Morgan fingerprint density at radius 1 is 1.29 bits per heavy atom. The summed E-state index contributed by atoms with van der Waals surface area (Å²) in [5, 5.41) is 11.3. The third kappa shape index (κ3) is 3.38. The maximum atomic E-state index is 12.3. The van der Waals surface area contributed by atoms with Crippen LogP contribution in [0.15, 0.2) is 18.2 Å². The van der Waals surface area contributed by atoms with E-state index in [1.165, 1.54) is 25.1 Å². The maximum Gasteiger partial charge on any atom is 0.401 e. The second-order valence-corrected chi connectivity index (χ2v) is 4.76. The van der Waals surface area contributed by atoms with Crippen LogP contribution in [0.4, 0.5) is 13.2 Å². The van der Waals surface area contributed by atoms with Gasteiger partial charge in [-0.15, -0.1) is 0 Å². The minimum absolute atomic E-state index is 0.156. The molecule has 116 valence electrons. The number of alkyl halides is 3. The fraction of sp³-hybridized carbons (Fsp3) is 0.462. The number of carboxylic acid groups (broad SMARTS) is 1. The van der Waals surface area contributed by atoms with Crippen LogP contribution in [0.3, 0.4) is 0 Å². The van der Waals surface area contributed by atoms with E-state index in [1.54, 1.807) is 0 Å². The molecule has 0 saturated heterocycles. The molecule has 1 aliphatic heterocycles. The fourth-order valence-electron chi connectivity index (χ4n) is 1.93. The lowest BCUT2D eigenvalue weighted by molar-refractivity contribution is -0.150. The number of carbonyl (C=O) groups is 1. The SMILES string of the molecule is CC(NCC(F)(F)F)(C(=O)O)c1ccc2c(c1)OCCO2. The largest absolute Gasteiger partial charge is 0.486 e. The number of nitrogens with one attached hydrogen (secondary N) is 1. The zero-order valence-electron chi connectivity index (χ0n) is 11.2. The van der Waals surface area contributed by atoms with E-state index in [9.17, 15) is 23.1 Å². The van der Waals surface area contributed by atoms with Crippen LogP contribution in [-0.4, -0.2) is 37.0 Å². The quantitative estimate of drug-likeness (QED) is 0.889. The van der Waals surface area contributed by atoms with Crippen molar-refractivity contribution in [3.8, 4) is 11.5 Å². The third-order valence-corrected chi connectivity index (χ3v) is 3.19. The number of hydrogen-bond donors (Lipinski definition) is 2. The molecule has 0 bridgehead atoms. The van der Waals surface area contributed by atoms with Gasteiger partial charge < -0.3 is 14.6 Å². The molecule has 0 saturated carbocycles. The molecule has 0 aliphatic carbocycles. The summed E-state index contributed by atoms with van der Waals surface area (Å²) in [6, 6.07) is 4.28. The molecule has 8 heteroatoms. The molecule has 2 rings (SSSR count). The van der Waals surface area contributed by atoms with Gasteiger partial charge in [0.25, 0.3) is 0 Å². The minimum Gasteiger partial charge on any atom is -0.486 e. The Bertz CT molecular complexity index is 547. The fourth-order valence-corrected chi connectivity index (χ4v) is 1.93. The molecule has 0 aromatic heterocycles. The van der Waals surface area contributed by atoms with Crippen LogP contribution >= 0.6 is 0 Å². The first-order valence-corrected chi connectivity index (χ1v) is 6.18. The van der Waals surface area contributed by atoms with Crippen molar-refractivity contribution in [2.24, 2.45) is 0 Å². The first-order valence-electron chi connectivity index (χ1n) is 6.18. The highest BCUT2D eigenvalue weighted by molar-refractivity contribution is 5.80. The Labute approximate surface area is 118 Å². The molecule has 1 aromatic carbocycles. The average molecular weight is 305 g/mol. The number of fused-ring (bicyclic) bond motifs is 1. The number of benzene rings is 1. The average Bonchev–Trinajstić information content (AvgIpc) is 2.43. The van der Waals surface area contributed by atoms with Crippen LogP contribution < -0.4 is 14.8 Å². The molecule has 1 aliphatic rings. The molecule has 1 atom stereocenters. The van der Waals surface area contributed by atoms with Crippen LogP contribution in [-0.2, 0) is 10.3 Å². The topological polar surface area (TPSA) is 67.8 Å². The van der Waals surface area contributed by atoms with Crippen molar-refractivity contribution in [2.75, 3.05) is 19.8 Å². The molecular weight excluding hydrogens is 291 g/mol. The predicted molar refractivity (Wildman–Crippen MR) is 66.5 cm³/mol. The van der Waals surface area contributed by atoms with E-state index >= 15 is 0 Å². The number of rotatable bonds is 4. The molecule has 5 nitrogen and oxygen atoms in total. The Kier molecular flexibility index (Phi) is 3.99. The van der Waals surface area contributed by atoms with Crippen molar-refractivity contribution in [2.45, 2.75) is 18.6 Å². The van der Waals surface area contributed by atoms with Gasteiger partial charge in [-0.3, -0.25) is 5.32 Å². The summed E-state index contributed by atoms with van der Waals surface area (Å²) in [4.78, 5) is 11.4. The van der Waals surface area contributed by atoms with E-state index in [0.29, 0.717) is 24.7 Å². The lowest BCUT2D eigenvalue weighted by atomic mass is 9.91. The van der Waals surface area contributed by atoms with Crippen molar-refractivity contribution in [1.29, 1.82) is 0 Å². The van der Waals surface area contributed by atoms with Gasteiger partial charge in [-0.05, 0) is 24.6 Å². The summed E-state index contributed by atoms with van der Waals surface area (Å²) in [6.07, 6.45) is -4.51. The van der Waals surface area contributed by atoms with Crippen molar-refractivity contribution < 1.29 is 32.5 Å². The summed E-state index contributed by atoms with van der Waals surface area (Å²) in [7, 11) is 0. The molecule has 0 amide bonds. The molecule has 21 heavy (non-hydrogen) atoms. The molecule has 1 unspecified atom stereocenters. The Hall–Kier alpha value is -1.96. The summed E-state index contributed by atoms with van der Waals surface area (Å²) in [5.41, 5.74) is -1.73. The standard InChI is InChI=1S/C13H14F3NO4/c1-12(11(18)19,17-7-13(14,15)16)8-2-3-9-10(6-8)21-5-4-20-9/h2-3,6,17H,4-5,7H2,1H3,(H,18,19). The van der Waals surface area contributed by atoms with Crippen LogP contribution in [0.5, 0.6) is 11.5 Å². The van der Waals surface area contributed by atoms with E-state index in [1.807, 2.05) is 5.32 Å². The van der Waals surface area contributed by atoms with Gasteiger partial charge >= 0.3 is 12.1 Å². The van der Waals surface area contributed by atoms with E-state index in [0.717, 1.165) is 0 Å². The number of ether oxygens (including phenoxy) is 2. The summed E-state index contributed by atoms with van der Waals surface area (Å²) in [6.45, 7) is 0.432. The van der Waals surface area contributed by atoms with Gasteiger partial charge in [-0.2, -0.15) is 13.2 Å². The smallest absolute Gasteiger partial charge is 0.401 e. The lowest BCUT2D eigenvalue weighted by Gasteiger charge is -2.29.